The molecule has 3 aromatic rings. The summed E-state index contributed by atoms with van der Waals surface area (Å²) in [5.41, 5.74) is 0.453. The lowest BCUT2D eigenvalue weighted by atomic mass is 10.2. The minimum atomic E-state index is -0.755. The first kappa shape index (κ1) is 19.9. The van der Waals surface area contributed by atoms with E-state index in [0.29, 0.717) is 27.3 Å². The van der Waals surface area contributed by atoms with E-state index >= 15 is 0 Å². The van der Waals surface area contributed by atoms with Crippen LogP contribution in [0.25, 0.3) is 10.1 Å². The number of halogens is 2. The third-order valence-electron chi connectivity index (χ3n) is 3.78. The van der Waals surface area contributed by atoms with Crippen molar-refractivity contribution in [2.75, 3.05) is 26.1 Å². The predicted octanol–water partition coefficient (Wildman–Crippen LogP) is 4.51. The Labute approximate surface area is 168 Å². The Kier molecular flexibility index (Phi) is 6.01. The van der Waals surface area contributed by atoms with Crippen LogP contribution in [0.15, 0.2) is 36.4 Å². The highest BCUT2D eigenvalue weighted by Gasteiger charge is 2.20. The fourth-order valence-electron chi connectivity index (χ4n) is 2.48. The van der Waals surface area contributed by atoms with Crippen molar-refractivity contribution in [1.82, 2.24) is 0 Å². The fourth-order valence-corrected chi connectivity index (χ4v) is 3.90. The van der Waals surface area contributed by atoms with Crippen molar-refractivity contribution in [1.29, 1.82) is 0 Å². The predicted molar refractivity (Wildman–Crippen MR) is 105 cm³/mol. The Morgan fingerprint density at radius 1 is 1.11 bits per heavy atom. The molecule has 0 aliphatic rings. The maximum absolute atomic E-state index is 13.3. The molecular formula is C19H15ClFNO5S. The summed E-state index contributed by atoms with van der Waals surface area (Å²) in [5, 5.41) is 3.31. The summed E-state index contributed by atoms with van der Waals surface area (Å²) in [5.74, 6) is -0.762. The fraction of sp³-hybridized carbons (Fsp3) is 0.158. The number of anilines is 1. The SMILES string of the molecule is COc1ccc(NC(=O)COC(=O)c2sc3cc(F)ccc3c2Cl)cc1OC. The average molecular weight is 424 g/mol. The van der Waals surface area contributed by atoms with Crippen molar-refractivity contribution in [3.05, 3.63) is 52.1 Å². The monoisotopic (exact) mass is 423 g/mol. The first-order chi connectivity index (χ1) is 13.4. The highest BCUT2D eigenvalue weighted by Crippen LogP contribution is 2.36. The average Bonchev–Trinajstić information content (AvgIpc) is 3.01. The number of methoxy groups -OCH3 is 2. The topological polar surface area (TPSA) is 73.9 Å². The number of carbonyl (C=O) groups excluding carboxylic acids is 2. The van der Waals surface area contributed by atoms with Crippen LogP contribution in [0.4, 0.5) is 10.1 Å². The molecule has 0 fully saturated rings. The number of ether oxygens (including phenoxy) is 3. The first-order valence-corrected chi connectivity index (χ1v) is 9.19. The van der Waals surface area contributed by atoms with E-state index in [4.69, 9.17) is 25.8 Å². The number of amides is 1. The number of hydrogen-bond donors (Lipinski definition) is 1. The molecule has 1 heterocycles. The minimum Gasteiger partial charge on any atom is -0.493 e. The van der Waals surface area contributed by atoms with Crippen LogP contribution in [0, 0.1) is 5.82 Å². The molecule has 0 spiro atoms. The van der Waals surface area contributed by atoms with Crippen molar-refractivity contribution in [3.8, 4) is 11.5 Å². The van der Waals surface area contributed by atoms with Crippen LogP contribution in [0.1, 0.15) is 9.67 Å². The molecule has 0 saturated heterocycles. The molecule has 9 heteroatoms. The highest BCUT2D eigenvalue weighted by molar-refractivity contribution is 7.21. The van der Waals surface area contributed by atoms with E-state index in [2.05, 4.69) is 5.32 Å². The van der Waals surface area contributed by atoms with Gasteiger partial charge in [-0.15, -0.1) is 11.3 Å². The number of benzene rings is 2. The second kappa shape index (κ2) is 8.45. The van der Waals surface area contributed by atoms with Gasteiger partial charge in [0.25, 0.3) is 5.91 Å². The van der Waals surface area contributed by atoms with Crippen LogP contribution in [-0.4, -0.2) is 32.7 Å². The van der Waals surface area contributed by atoms with Gasteiger partial charge in [-0.3, -0.25) is 4.79 Å². The summed E-state index contributed by atoms with van der Waals surface area (Å²) in [6, 6.07) is 8.87. The molecule has 0 saturated carbocycles. The largest absolute Gasteiger partial charge is 0.493 e. The van der Waals surface area contributed by atoms with Gasteiger partial charge in [-0.25, -0.2) is 9.18 Å². The van der Waals surface area contributed by atoms with E-state index in [1.807, 2.05) is 0 Å². The molecular weight excluding hydrogens is 409 g/mol. The summed E-state index contributed by atoms with van der Waals surface area (Å²) in [6.45, 7) is -0.508. The summed E-state index contributed by atoms with van der Waals surface area (Å²) >= 11 is 7.17. The summed E-state index contributed by atoms with van der Waals surface area (Å²) in [7, 11) is 2.98. The van der Waals surface area contributed by atoms with Crippen LogP contribution in [0.2, 0.25) is 5.02 Å². The Morgan fingerprint density at radius 3 is 2.57 bits per heavy atom. The van der Waals surface area contributed by atoms with Crippen molar-refractivity contribution < 1.29 is 28.2 Å². The van der Waals surface area contributed by atoms with E-state index in [9.17, 15) is 14.0 Å². The molecule has 1 amide bonds. The van der Waals surface area contributed by atoms with Crippen molar-refractivity contribution in [2.45, 2.75) is 0 Å². The van der Waals surface area contributed by atoms with Gasteiger partial charge in [-0.2, -0.15) is 0 Å². The smallest absolute Gasteiger partial charge is 0.350 e. The van der Waals surface area contributed by atoms with Crippen molar-refractivity contribution >= 4 is 50.6 Å². The van der Waals surface area contributed by atoms with E-state index in [-0.39, 0.29) is 9.90 Å². The number of rotatable bonds is 6. The molecule has 6 nitrogen and oxygen atoms in total. The molecule has 3 rings (SSSR count). The van der Waals surface area contributed by atoms with Crippen LogP contribution in [0.3, 0.4) is 0 Å². The minimum absolute atomic E-state index is 0.112. The van der Waals surface area contributed by atoms with Gasteiger partial charge in [-0.1, -0.05) is 11.6 Å². The van der Waals surface area contributed by atoms with E-state index in [1.165, 1.54) is 32.4 Å². The molecule has 2 aromatic carbocycles. The molecule has 1 N–H and O–H groups in total. The van der Waals surface area contributed by atoms with E-state index in [1.54, 1.807) is 18.2 Å². The normalized spacial score (nSPS) is 10.6. The number of carbonyl (C=O) groups is 2. The molecule has 0 radical (unpaired) electrons. The Bertz CT molecular complexity index is 1050. The van der Waals surface area contributed by atoms with E-state index in [0.717, 1.165) is 11.3 Å². The Balaban J connectivity index is 1.65. The molecule has 0 aliphatic heterocycles. The maximum Gasteiger partial charge on any atom is 0.350 e. The molecule has 0 aliphatic carbocycles. The molecule has 0 unspecified atom stereocenters. The third kappa shape index (κ3) is 4.18. The molecule has 0 bridgehead atoms. The quantitative estimate of drug-likeness (QED) is 0.590. The second-order valence-corrected chi connectivity index (χ2v) is 7.01. The van der Waals surface area contributed by atoms with Crippen molar-refractivity contribution in [2.24, 2.45) is 0 Å². The molecule has 1 aromatic heterocycles. The molecule has 28 heavy (non-hydrogen) atoms. The molecule has 0 atom stereocenters. The van der Waals surface area contributed by atoms with Crippen LogP contribution < -0.4 is 14.8 Å². The van der Waals surface area contributed by atoms with Gasteiger partial charge in [-0.05, 0) is 30.3 Å². The standard InChI is InChI=1S/C19H15ClFNO5S/c1-25-13-6-4-11(8-14(13)26-2)22-16(23)9-27-19(24)18-17(20)12-5-3-10(21)7-15(12)28-18/h3-8H,9H2,1-2H3,(H,22,23). The van der Waals surface area contributed by atoms with Crippen LogP contribution in [-0.2, 0) is 9.53 Å². The molecule has 146 valence electrons. The number of hydrogen-bond acceptors (Lipinski definition) is 6. The Hall–Kier alpha value is -2.84. The third-order valence-corrected chi connectivity index (χ3v) is 5.42. The summed E-state index contributed by atoms with van der Waals surface area (Å²) < 4.78 is 29.2. The number of nitrogens with one attached hydrogen (secondary N) is 1. The lowest BCUT2D eigenvalue weighted by molar-refractivity contribution is -0.119. The lowest BCUT2D eigenvalue weighted by Crippen LogP contribution is -2.20. The van der Waals surface area contributed by atoms with Crippen LogP contribution in [0.5, 0.6) is 11.5 Å². The summed E-state index contributed by atoms with van der Waals surface area (Å²) in [6.07, 6.45) is 0. The van der Waals surface area contributed by atoms with Gasteiger partial charge >= 0.3 is 5.97 Å². The zero-order chi connectivity index (χ0) is 20.3. The number of thiophene rings is 1. The zero-order valence-corrected chi connectivity index (χ0v) is 16.4. The number of fused-ring (bicyclic) bond motifs is 1. The van der Waals surface area contributed by atoms with Gasteiger partial charge in [0.15, 0.2) is 18.1 Å². The van der Waals surface area contributed by atoms with E-state index < -0.39 is 24.3 Å². The first-order valence-electron chi connectivity index (χ1n) is 7.99. The van der Waals surface area contributed by atoms with Crippen LogP contribution >= 0.6 is 22.9 Å². The highest BCUT2D eigenvalue weighted by atomic mass is 35.5. The lowest BCUT2D eigenvalue weighted by Gasteiger charge is -2.10. The summed E-state index contributed by atoms with van der Waals surface area (Å²) in [4.78, 5) is 24.4. The number of esters is 1. The van der Waals surface area contributed by atoms with Gasteiger partial charge < -0.3 is 19.5 Å². The zero-order valence-electron chi connectivity index (χ0n) is 14.9. The van der Waals surface area contributed by atoms with Gasteiger partial charge in [0.1, 0.15) is 10.7 Å². The Morgan fingerprint density at radius 2 is 1.86 bits per heavy atom. The maximum atomic E-state index is 13.3. The van der Waals surface area contributed by atoms with Gasteiger partial charge in [0.05, 0.1) is 19.2 Å². The second-order valence-electron chi connectivity index (χ2n) is 5.58. The van der Waals surface area contributed by atoms with Gasteiger partial charge in [0.2, 0.25) is 0 Å². The van der Waals surface area contributed by atoms with Crippen molar-refractivity contribution in [3.63, 3.8) is 0 Å². The van der Waals surface area contributed by atoms with Gasteiger partial charge in [0, 0.05) is 21.8 Å².